The molecule has 112 valence electrons. The van der Waals surface area contributed by atoms with E-state index in [9.17, 15) is 18.0 Å². The first-order valence-corrected chi connectivity index (χ1v) is 7.36. The Labute approximate surface area is 130 Å². The number of thiophene rings is 1. The Hall–Kier alpha value is -1.54. The van der Waals surface area contributed by atoms with E-state index in [2.05, 4.69) is 21.2 Å². The molecule has 3 nitrogen and oxygen atoms in total. The van der Waals surface area contributed by atoms with Crippen LogP contribution in [0.5, 0.6) is 0 Å². The van der Waals surface area contributed by atoms with Crippen LogP contribution in [-0.4, -0.2) is 11.1 Å². The van der Waals surface area contributed by atoms with Gasteiger partial charge in [0, 0.05) is 27.0 Å². The van der Waals surface area contributed by atoms with E-state index in [-0.39, 0.29) is 16.6 Å². The molecule has 0 fully saturated rings. The van der Waals surface area contributed by atoms with E-state index < -0.39 is 17.7 Å². The highest BCUT2D eigenvalue weighted by Gasteiger charge is 2.33. The van der Waals surface area contributed by atoms with Crippen molar-refractivity contribution in [1.29, 1.82) is 0 Å². The van der Waals surface area contributed by atoms with E-state index in [0.717, 1.165) is 10.9 Å². The Morgan fingerprint density at radius 2 is 2.05 bits per heavy atom. The van der Waals surface area contributed by atoms with Crippen molar-refractivity contribution >= 4 is 38.9 Å². The summed E-state index contributed by atoms with van der Waals surface area (Å²) in [5.74, 6) is -1.03. The van der Waals surface area contributed by atoms with Crippen molar-refractivity contribution in [2.24, 2.45) is 0 Å². The maximum Gasteiger partial charge on any atom is 0.417 e. The first kappa shape index (κ1) is 15.8. The first-order chi connectivity index (χ1) is 9.77. The predicted molar refractivity (Wildman–Crippen MR) is 77.7 cm³/mol. The van der Waals surface area contributed by atoms with Crippen LogP contribution in [0.3, 0.4) is 0 Å². The number of aromatic carboxylic acids is 1. The Kier molecular flexibility index (Phi) is 4.58. The summed E-state index contributed by atoms with van der Waals surface area (Å²) >= 11 is 4.11. The van der Waals surface area contributed by atoms with Crippen LogP contribution in [0, 0.1) is 0 Å². The minimum absolute atomic E-state index is 0.0233. The molecule has 0 saturated carbocycles. The van der Waals surface area contributed by atoms with Crippen LogP contribution in [0.1, 0.15) is 20.8 Å². The summed E-state index contributed by atoms with van der Waals surface area (Å²) in [5.41, 5.74) is -0.274. The average Bonchev–Trinajstić information content (AvgIpc) is 2.85. The molecule has 0 saturated heterocycles. The Bertz CT molecular complexity index is 670. The fourth-order valence-corrected chi connectivity index (χ4v) is 2.90. The zero-order chi connectivity index (χ0) is 15.6. The molecule has 0 amide bonds. The van der Waals surface area contributed by atoms with Gasteiger partial charge in [-0.2, -0.15) is 13.2 Å². The molecule has 0 aliphatic rings. The van der Waals surface area contributed by atoms with Crippen LogP contribution in [0.15, 0.2) is 34.1 Å². The summed E-state index contributed by atoms with van der Waals surface area (Å²) in [6.45, 7) is 0.261. The molecule has 0 aliphatic carbocycles. The highest BCUT2D eigenvalue weighted by Crippen LogP contribution is 2.36. The second kappa shape index (κ2) is 6.07. The van der Waals surface area contributed by atoms with Crippen LogP contribution in [0.2, 0.25) is 0 Å². The highest BCUT2D eigenvalue weighted by atomic mass is 79.9. The lowest BCUT2D eigenvalue weighted by atomic mass is 10.2. The number of alkyl halides is 3. The van der Waals surface area contributed by atoms with E-state index in [1.54, 1.807) is 0 Å². The van der Waals surface area contributed by atoms with E-state index in [1.807, 2.05) is 0 Å². The van der Waals surface area contributed by atoms with Gasteiger partial charge in [-0.15, -0.1) is 11.3 Å². The molecule has 0 radical (unpaired) electrons. The van der Waals surface area contributed by atoms with Crippen molar-refractivity contribution in [3.05, 3.63) is 50.1 Å². The molecule has 0 spiro atoms. The smallest absolute Gasteiger partial charge is 0.417 e. The third-order valence-electron chi connectivity index (χ3n) is 2.64. The number of anilines is 1. The van der Waals surface area contributed by atoms with E-state index in [0.29, 0.717) is 5.69 Å². The van der Waals surface area contributed by atoms with E-state index >= 15 is 0 Å². The lowest BCUT2D eigenvalue weighted by Gasteiger charge is -2.12. The molecule has 0 aliphatic heterocycles. The molecule has 21 heavy (non-hydrogen) atoms. The molecular formula is C13H9BrF3NO2S. The van der Waals surface area contributed by atoms with Crippen molar-refractivity contribution < 1.29 is 23.1 Å². The summed E-state index contributed by atoms with van der Waals surface area (Å²) in [6, 6.07) is 5.34. The van der Waals surface area contributed by atoms with Gasteiger partial charge < -0.3 is 10.4 Å². The maximum atomic E-state index is 12.8. The SMILES string of the molecule is O=C(O)c1csc(CNc2ccc(Br)c(C(F)(F)F)c2)c1. The zero-order valence-electron chi connectivity index (χ0n) is 10.4. The molecule has 1 aromatic carbocycles. The number of halogens is 4. The summed E-state index contributed by atoms with van der Waals surface area (Å²) in [6.07, 6.45) is -4.43. The average molecular weight is 380 g/mol. The molecular weight excluding hydrogens is 371 g/mol. The van der Waals surface area contributed by atoms with Crippen LogP contribution < -0.4 is 5.32 Å². The number of nitrogens with one attached hydrogen (secondary N) is 1. The summed E-state index contributed by atoms with van der Waals surface area (Å²) < 4.78 is 38.3. The number of benzene rings is 1. The van der Waals surface area contributed by atoms with Gasteiger partial charge in [0.25, 0.3) is 0 Å². The number of carboxylic acid groups (broad SMARTS) is 1. The lowest BCUT2D eigenvalue weighted by molar-refractivity contribution is -0.138. The molecule has 0 unspecified atom stereocenters. The third-order valence-corrected chi connectivity index (χ3v) is 4.27. The summed E-state index contributed by atoms with van der Waals surface area (Å²) in [5, 5.41) is 13.1. The van der Waals surface area contributed by atoms with Gasteiger partial charge in [-0.05, 0) is 24.3 Å². The van der Waals surface area contributed by atoms with Crippen LogP contribution in [0.25, 0.3) is 0 Å². The molecule has 0 bridgehead atoms. The number of carbonyl (C=O) groups is 1. The van der Waals surface area contributed by atoms with Gasteiger partial charge in [-0.1, -0.05) is 15.9 Å². The van der Waals surface area contributed by atoms with Gasteiger partial charge in [0.05, 0.1) is 11.1 Å². The molecule has 1 aromatic heterocycles. The monoisotopic (exact) mass is 379 g/mol. The molecule has 0 atom stereocenters. The van der Waals surface area contributed by atoms with E-state index in [1.165, 1.54) is 34.9 Å². The Morgan fingerprint density at radius 3 is 2.62 bits per heavy atom. The van der Waals surface area contributed by atoms with Gasteiger partial charge in [0.2, 0.25) is 0 Å². The standard InChI is InChI=1S/C13H9BrF3NO2S/c14-11-2-1-8(4-10(11)13(15,16)17)18-5-9-3-7(6-21-9)12(19)20/h1-4,6,18H,5H2,(H,19,20). The second-order valence-corrected chi connectivity index (χ2v) is 6.00. The minimum Gasteiger partial charge on any atom is -0.478 e. The van der Waals surface area contributed by atoms with Crippen molar-refractivity contribution in [2.75, 3.05) is 5.32 Å². The van der Waals surface area contributed by atoms with Crippen LogP contribution in [-0.2, 0) is 12.7 Å². The van der Waals surface area contributed by atoms with Gasteiger partial charge in [-0.3, -0.25) is 0 Å². The quantitative estimate of drug-likeness (QED) is 0.798. The number of hydrogen-bond acceptors (Lipinski definition) is 3. The number of hydrogen-bond donors (Lipinski definition) is 2. The summed E-state index contributed by atoms with van der Waals surface area (Å²) in [4.78, 5) is 11.5. The van der Waals surface area contributed by atoms with Crippen molar-refractivity contribution in [3.63, 3.8) is 0 Å². The molecule has 2 aromatic rings. The Balaban J connectivity index is 2.11. The predicted octanol–water partition coefficient (Wildman–Crippen LogP) is 4.84. The van der Waals surface area contributed by atoms with Crippen LogP contribution in [0.4, 0.5) is 18.9 Å². The first-order valence-electron chi connectivity index (χ1n) is 5.68. The topological polar surface area (TPSA) is 49.3 Å². The molecule has 1 heterocycles. The molecule has 8 heteroatoms. The van der Waals surface area contributed by atoms with Gasteiger partial charge in [0.15, 0.2) is 0 Å². The number of carboxylic acids is 1. The normalized spacial score (nSPS) is 11.4. The maximum absolute atomic E-state index is 12.8. The van der Waals surface area contributed by atoms with Crippen molar-refractivity contribution in [3.8, 4) is 0 Å². The molecule has 2 N–H and O–H groups in total. The Morgan fingerprint density at radius 1 is 1.33 bits per heavy atom. The van der Waals surface area contributed by atoms with Crippen LogP contribution >= 0.6 is 27.3 Å². The van der Waals surface area contributed by atoms with E-state index in [4.69, 9.17) is 5.11 Å². The largest absolute Gasteiger partial charge is 0.478 e. The third kappa shape index (κ3) is 3.98. The fourth-order valence-electron chi connectivity index (χ4n) is 1.63. The van der Waals surface area contributed by atoms with Crippen molar-refractivity contribution in [2.45, 2.75) is 12.7 Å². The summed E-state index contributed by atoms with van der Waals surface area (Å²) in [7, 11) is 0. The van der Waals surface area contributed by atoms with Gasteiger partial charge in [-0.25, -0.2) is 4.79 Å². The lowest BCUT2D eigenvalue weighted by Crippen LogP contribution is -2.07. The highest BCUT2D eigenvalue weighted by molar-refractivity contribution is 9.10. The molecule has 2 rings (SSSR count). The minimum atomic E-state index is -4.43. The van der Waals surface area contributed by atoms with Gasteiger partial charge >= 0.3 is 12.1 Å². The zero-order valence-corrected chi connectivity index (χ0v) is 12.8. The second-order valence-electron chi connectivity index (χ2n) is 4.15. The van der Waals surface area contributed by atoms with Crippen molar-refractivity contribution in [1.82, 2.24) is 0 Å². The van der Waals surface area contributed by atoms with Gasteiger partial charge in [0.1, 0.15) is 0 Å². The number of rotatable bonds is 4. The fraction of sp³-hybridized carbons (Fsp3) is 0.154.